The zero-order valence-electron chi connectivity index (χ0n) is 15.5. The molecule has 2 N–H and O–H groups in total. The van der Waals surface area contributed by atoms with Crippen LogP contribution in [0, 0.1) is 17.5 Å². The average Bonchev–Trinajstić information content (AvgIpc) is 3.16. The molecule has 0 aliphatic rings. The third kappa shape index (κ3) is 3.57. The number of nitrogens with zero attached hydrogens (tertiary/aromatic N) is 4. The second kappa shape index (κ2) is 7.92. The minimum Gasteiger partial charge on any atom is -0.390 e. The van der Waals surface area contributed by atoms with Crippen molar-refractivity contribution in [1.82, 2.24) is 24.3 Å². The van der Waals surface area contributed by atoms with Crippen LogP contribution in [0.4, 0.5) is 13.2 Å². The lowest BCUT2D eigenvalue weighted by Gasteiger charge is -2.11. The minimum absolute atomic E-state index is 0.0116. The number of imidazole rings is 1. The van der Waals surface area contributed by atoms with Crippen molar-refractivity contribution in [3.63, 3.8) is 0 Å². The summed E-state index contributed by atoms with van der Waals surface area (Å²) in [6.45, 7) is -0.321. The Morgan fingerprint density at radius 2 is 1.90 bits per heavy atom. The van der Waals surface area contributed by atoms with Crippen molar-refractivity contribution in [2.75, 3.05) is 6.26 Å². The zero-order chi connectivity index (χ0) is 21.4. The molecule has 0 saturated heterocycles. The predicted octanol–water partition coefficient (Wildman–Crippen LogP) is 2.70. The maximum atomic E-state index is 13.9. The van der Waals surface area contributed by atoms with E-state index in [-0.39, 0.29) is 24.5 Å². The summed E-state index contributed by atoms with van der Waals surface area (Å²) < 4.78 is 42.3. The fourth-order valence-corrected chi connectivity index (χ4v) is 3.65. The topological polar surface area (TPSA) is 96.2 Å². The third-order valence-electron chi connectivity index (χ3n) is 4.48. The Balaban J connectivity index is 1.91. The van der Waals surface area contributed by atoms with Crippen molar-refractivity contribution < 1.29 is 18.3 Å². The first-order chi connectivity index (χ1) is 14.4. The number of fused-ring (bicyclic) bond motifs is 1. The Bertz CT molecular complexity index is 1320. The lowest BCUT2D eigenvalue weighted by atomic mass is 10.1. The van der Waals surface area contributed by atoms with Gasteiger partial charge in [0.2, 0.25) is 5.82 Å². The molecule has 11 heteroatoms. The van der Waals surface area contributed by atoms with E-state index in [2.05, 4.69) is 19.9 Å². The smallest absolute Gasteiger partial charge is 0.287 e. The van der Waals surface area contributed by atoms with Crippen molar-refractivity contribution in [2.45, 2.75) is 17.9 Å². The summed E-state index contributed by atoms with van der Waals surface area (Å²) in [5, 5.41) is 9.60. The Morgan fingerprint density at radius 3 is 2.60 bits per heavy atom. The number of hydrogen-bond acceptors (Lipinski definition) is 6. The molecule has 154 valence electrons. The van der Waals surface area contributed by atoms with Crippen LogP contribution in [0.25, 0.3) is 17.2 Å². The number of hydrogen-bond donors (Lipinski definition) is 2. The first kappa shape index (κ1) is 20.1. The molecule has 3 aromatic heterocycles. The van der Waals surface area contributed by atoms with Crippen molar-refractivity contribution >= 4 is 17.4 Å². The number of nitrogens with one attached hydrogen (secondary N) is 1. The molecule has 0 amide bonds. The van der Waals surface area contributed by atoms with Crippen molar-refractivity contribution in [2.24, 2.45) is 0 Å². The number of benzene rings is 1. The third-order valence-corrected chi connectivity index (χ3v) is 5.30. The molecule has 30 heavy (non-hydrogen) atoms. The molecule has 0 bridgehead atoms. The molecular weight excluding hydrogens is 419 g/mol. The summed E-state index contributed by atoms with van der Waals surface area (Å²) in [7, 11) is 0. The number of thioether (sulfide) groups is 1. The molecule has 0 radical (unpaired) electrons. The van der Waals surface area contributed by atoms with Gasteiger partial charge in [0.05, 0.1) is 30.4 Å². The van der Waals surface area contributed by atoms with E-state index < -0.39 is 23.0 Å². The zero-order valence-corrected chi connectivity index (χ0v) is 16.3. The van der Waals surface area contributed by atoms with Crippen LogP contribution < -0.4 is 5.56 Å². The maximum absolute atomic E-state index is 13.9. The van der Waals surface area contributed by atoms with Gasteiger partial charge >= 0.3 is 0 Å². The molecule has 0 unspecified atom stereocenters. The van der Waals surface area contributed by atoms with Gasteiger partial charge in [-0.2, -0.15) is 4.39 Å². The van der Waals surface area contributed by atoms with Gasteiger partial charge in [0.25, 0.3) is 5.56 Å². The van der Waals surface area contributed by atoms with Crippen LogP contribution in [0.3, 0.4) is 0 Å². The van der Waals surface area contributed by atoms with E-state index in [1.54, 1.807) is 10.7 Å². The molecule has 4 aromatic rings. The van der Waals surface area contributed by atoms with Crippen LogP contribution in [-0.2, 0) is 13.0 Å². The summed E-state index contributed by atoms with van der Waals surface area (Å²) in [6, 6.07) is 2.21. The molecule has 0 aliphatic carbocycles. The minimum atomic E-state index is -1.04. The number of H-pyrrole nitrogens is 1. The lowest BCUT2D eigenvalue weighted by molar-refractivity contribution is 0.276. The van der Waals surface area contributed by atoms with E-state index in [1.165, 1.54) is 24.2 Å². The first-order valence-electron chi connectivity index (χ1n) is 8.65. The van der Waals surface area contributed by atoms with E-state index in [0.29, 0.717) is 27.5 Å². The standard InChI is InChI=1S/C19H14F3N5O2S/c1-30-16-4-12(21)11(20)2-9(16)3-14-18-24-5-10(8-28)27(18)7-15(25-14)17-23-6-13(22)19(29)26-17/h2,4-7,28H,3,8H2,1H3,(H,23,26,29). The van der Waals surface area contributed by atoms with E-state index in [9.17, 15) is 23.1 Å². The molecular formula is C19H14F3N5O2S. The van der Waals surface area contributed by atoms with Crippen LogP contribution in [0.2, 0.25) is 0 Å². The molecule has 0 atom stereocenters. The molecule has 0 spiro atoms. The Kier molecular flexibility index (Phi) is 5.31. The summed E-state index contributed by atoms with van der Waals surface area (Å²) in [5.74, 6) is -2.96. The van der Waals surface area contributed by atoms with Crippen molar-refractivity contribution in [3.05, 3.63) is 75.5 Å². The molecule has 3 heterocycles. The second-order valence-electron chi connectivity index (χ2n) is 6.34. The number of aromatic amines is 1. The highest BCUT2D eigenvalue weighted by atomic mass is 32.2. The van der Waals surface area contributed by atoms with Gasteiger partial charge in [-0.25, -0.2) is 23.7 Å². The largest absolute Gasteiger partial charge is 0.390 e. The van der Waals surface area contributed by atoms with Crippen LogP contribution in [0.1, 0.15) is 17.0 Å². The molecule has 7 nitrogen and oxygen atoms in total. The van der Waals surface area contributed by atoms with Crippen LogP contribution in [-0.4, -0.2) is 35.7 Å². The Hall–Kier alpha value is -3.18. The van der Waals surface area contributed by atoms with Crippen molar-refractivity contribution in [1.29, 1.82) is 0 Å². The van der Waals surface area contributed by atoms with E-state index in [0.717, 1.165) is 18.3 Å². The summed E-state index contributed by atoms with van der Waals surface area (Å²) in [4.78, 5) is 27.1. The summed E-state index contributed by atoms with van der Waals surface area (Å²) in [5.41, 5.74) is 0.929. The first-order valence-corrected chi connectivity index (χ1v) is 9.87. The van der Waals surface area contributed by atoms with Gasteiger partial charge in [-0.3, -0.25) is 9.20 Å². The summed E-state index contributed by atoms with van der Waals surface area (Å²) in [6.07, 6.45) is 5.56. The number of rotatable bonds is 5. The number of aliphatic hydroxyl groups excluding tert-OH is 1. The van der Waals surface area contributed by atoms with Gasteiger partial charge in [-0.05, 0) is 24.0 Å². The van der Waals surface area contributed by atoms with Crippen LogP contribution in [0.15, 0.2) is 40.4 Å². The number of halogens is 3. The highest BCUT2D eigenvalue weighted by Gasteiger charge is 2.17. The van der Waals surface area contributed by atoms with Gasteiger partial charge < -0.3 is 10.1 Å². The Morgan fingerprint density at radius 1 is 1.13 bits per heavy atom. The van der Waals surface area contributed by atoms with E-state index in [1.807, 2.05) is 0 Å². The van der Waals surface area contributed by atoms with Crippen molar-refractivity contribution in [3.8, 4) is 11.5 Å². The van der Waals surface area contributed by atoms with Gasteiger partial charge in [0, 0.05) is 17.5 Å². The van der Waals surface area contributed by atoms with Gasteiger partial charge in [-0.15, -0.1) is 11.8 Å². The fourth-order valence-electron chi connectivity index (χ4n) is 3.04. The number of aromatic nitrogens is 5. The van der Waals surface area contributed by atoms with Gasteiger partial charge in [0.1, 0.15) is 5.69 Å². The average molecular weight is 433 g/mol. The molecule has 0 saturated carbocycles. The highest BCUT2D eigenvalue weighted by molar-refractivity contribution is 7.98. The number of aliphatic hydroxyl groups is 1. The fraction of sp³-hybridized carbons (Fsp3) is 0.158. The highest BCUT2D eigenvalue weighted by Crippen LogP contribution is 2.27. The monoisotopic (exact) mass is 433 g/mol. The molecule has 0 aliphatic heterocycles. The molecule has 1 aromatic carbocycles. The second-order valence-corrected chi connectivity index (χ2v) is 7.19. The van der Waals surface area contributed by atoms with E-state index in [4.69, 9.17) is 0 Å². The molecule has 0 fully saturated rings. The maximum Gasteiger partial charge on any atom is 0.287 e. The van der Waals surface area contributed by atoms with Crippen LogP contribution in [0.5, 0.6) is 0 Å². The van der Waals surface area contributed by atoms with Gasteiger partial charge in [0.15, 0.2) is 23.1 Å². The summed E-state index contributed by atoms with van der Waals surface area (Å²) >= 11 is 1.25. The Labute approximate surface area is 171 Å². The van der Waals surface area contributed by atoms with E-state index >= 15 is 0 Å². The quantitative estimate of drug-likeness (QED) is 0.470. The van der Waals surface area contributed by atoms with Gasteiger partial charge in [-0.1, -0.05) is 0 Å². The van der Waals surface area contributed by atoms with Crippen LogP contribution >= 0.6 is 11.8 Å². The predicted molar refractivity (Wildman–Crippen MR) is 104 cm³/mol. The lowest BCUT2D eigenvalue weighted by Crippen LogP contribution is -2.13. The normalized spacial score (nSPS) is 11.4. The molecule has 4 rings (SSSR count). The SMILES string of the molecule is CSc1cc(F)c(F)cc1Cc1nc(-c2ncc(F)c(=O)[nH]2)cn2c(CO)cnc12.